The normalized spacial score (nSPS) is 11.4. The first-order valence-electron chi connectivity index (χ1n) is 28.0. The molecule has 0 atom stereocenters. The number of nitriles is 5. The van der Waals surface area contributed by atoms with Gasteiger partial charge in [0.15, 0.2) is 0 Å². The molecule has 0 bridgehead atoms. The van der Waals surface area contributed by atoms with Crippen LogP contribution in [0.25, 0.3) is 143 Å². The van der Waals surface area contributed by atoms with Gasteiger partial charge >= 0.3 is 0 Å². The molecular formula is C76H40N10. The zero-order chi connectivity index (χ0) is 57.7. The molecule has 16 aromatic rings. The molecule has 0 unspecified atom stereocenters. The number of aromatic nitrogens is 5. The molecule has 0 saturated heterocycles. The van der Waals surface area contributed by atoms with Crippen molar-refractivity contribution in [2.75, 3.05) is 0 Å². The van der Waals surface area contributed by atoms with E-state index in [-0.39, 0.29) is 0 Å². The first-order valence-corrected chi connectivity index (χ1v) is 28.0. The topological polar surface area (TPSA) is 152 Å². The lowest BCUT2D eigenvalue weighted by Gasteiger charge is -2.27. The van der Waals surface area contributed by atoms with Gasteiger partial charge in [0.1, 0.15) is 6.07 Å². The van der Waals surface area contributed by atoms with Gasteiger partial charge in [-0.3, -0.25) is 4.98 Å². The minimum Gasteiger partial charge on any atom is -0.309 e. The first-order chi connectivity index (χ1) is 42.5. The van der Waals surface area contributed by atoms with Crippen molar-refractivity contribution >= 4 is 87.2 Å². The largest absolute Gasteiger partial charge is 0.309 e. The van der Waals surface area contributed by atoms with Crippen LogP contribution < -0.4 is 0 Å². The number of para-hydroxylation sites is 4. The van der Waals surface area contributed by atoms with E-state index in [1.807, 2.05) is 140 Å². The van der Waals surface area contributed by atoms with Crippen molar-refractivity contribution in [1.29, 1.82) is 26.3 Å². The molecule has 0 saturated carbocycles. The second kappa shape index (κ2) is 19.2. The highest BCUT2D eigenvalue weighted by Gasteiger charge is 2.33. The van der Waals surface area contributed by atoms with Gasteiger partial charge in [0.25, 0.3) is 0 Å². The van der Waals surface area contributed by atoms with Gasteiger partial charge in [-0.1, -0.05) is 103 Å². The van der Waals surface area contributed by atoms with Gasteiger partial charge in [-0.15, -0.1) is 0 Å². The lowest BCUT2D eigenvalue weighted by atomic mass is 9.84. The second-order valence-corrected chi connectivity index (χ2v) is 21.4. The Morgan fingerprint density at radius 3 is 0.977 bits per heavy atom. The summed E-state index contributed by atoms with van der Waals surface area (Å²) < 4.78 is 8.90. The van der Waals surface area contributed by atoms with Crippen LogP contribution in [0.2, 0.25) is 0 Å². The molecular weight excluding hydrogens is 1050 g/mol. The van der Waals surface area contributed by atoms with E-state index in [2.05, 4.69) is 146 Å². The highest BCUT2D eigenvalue weighted by atomic mass is 15.0. The summed E-state index contributed by atoms with van der Waals surface area (Å²) in [6.45, 7) is 0. The Labute approximate surface area is 491 Å². The maximum absolute atomic E-state index is 12.5. The molecule has 0 spiro atoms. The van der Waals surface area contributed by atoms with Gasteiger partial charge in [0.2, 0.25) is 0 Å². The summed E-state index contributed by atoms with van der Waals surface area (Å²) in [7, 11) is 0. The highest BCUT2D eigenvalue weighted by molar-refractivity contribution is 6.16. The van der Waals surface area contributed by atoms with E-state index in [0.29, 0.717) is 50.3 Å². The van der Waals surface area contributed by atoms with Crippen molar-refractivity contribution < 1.29 is 0 Å². The summed E-state index contributed by atoms with van der Waals surface area (Å²) in [6.07, 6.45) is 1.79. The molecule has 5 aromatic heterocycles. The Hall–Kier alpha value is -12.8. The standard InChI is InChI=1S/C76H40N10/c77-41-46-20-32-68-58(37-46)54-11-1-5-16-64(54)83(68)52-28-24-50(25-29-52)72-62(45-81)75(85-66-18-7-3-13-56(66)60-39-48(43-79)22-34-70(60)85)74(63-15-9-10-36-82-63)73(76(72)86-67-19-8-4-14-57(67)61-40-49(44-80)23-35-71(61)86)51-26-30-53(31-27-51)84-65-17-6-2-12-55(65)59-38-47(42-78)21-33-69(59)84/h1-40H. The molecule has 0 aliphatic heterocycles. The Bertz CT molecular complexity index is 5820. The number of hydrogen-bond acceptors (Lipinski definition) is 6. The van der Waals surface area contributed by atoms with Crippen LogP contribution in [0.4, 0.5) is 0 Å². The summed E-state index contributed by atoms with van der Waals surface area (Å²) in [4.78, 5) is 5.22. The molecule has 10 heteroatoms. The summed E-state index contributed by atoms with van der Waals surface area (Å²) in [6, 6.07) is 91.1. The number of pyridine rings is 1. The molecule has 0 fully saturated rings. The maximum Gasteiger partial charge on any atom is 0.102 e. The van der Waals surface area contributed by atoms with Crippen LogP contribution in [0.1, 0.15) is 27.8 Å². The second-order valence-electron chi connectivity index (χ2n) is 21.4. The van der Waals surface area contributed by atoms with Gasteiger partial charge in [-0.25, -0.2) is 0 Å². The molecule has 0 radical (unpaired) electrons. The van der Waals surface area contributed by atoms with E-state index in [4.69, 9.17) is 4.98 Å². The monoisotopic (exact) mass is 1090 g/mol. The first kappa shape index (κ1) is 49.1. The lowest BCUT2D eigenvalue weighted by molar-refractivity contribution is 1.13. The van der Waals surface area contributed by atoms with E-state index >= 15 is 0 Å². The van der Waals surface area contributed by atoms with E-state index in [9.17, 15) is 26.3 Å². The van der Waals surface area contributed by atoms with E-state index in [0.717, 1.165) is 121 Å². The third-order valence-corrected chi connectivity index (χ3v) is 17.0. The van der Waals surface area contributed by atoms with Crippen LogP contribution in [0.15, 0.2) is 243 Å². The molecule has 0 aliphatic rings. The predicted octanol–water partition coefficient (Wildman–Crippen LogP) is 17.8. The molecule has 10 nitrogen and oxygen atoms in total. The fourth-order valence-corrected chi connectivity index (χ4v) is 13.4. The van der Waals surface area contributed by atoms with Crippen molar-refractivity contribution in [2.24, 2.45) is 0 Å². The number of fused-ring (bicyclic) bond motifs is 12. The quantitative estimate of drug-likeness (QED) is 0.155. The van der Waals surface area contributed by atoms with Crippen molar-refractivity contribution in [2.45, 2.75) is 0 Å². The zero-order valence-corrected chi connectivity index (χ0v) is 45.6. The van der Waals surface area contributed by atoms with Gasteiger partial charge in [0, 0.05) is 77.4 Å². The van der Waals surface area contributed by atoms with Crippen LogP contribution in [0, 0.1) is 56.7 Å². The van der Waals surface area contributed by atoms with Crippen molar-refractivity contribution in [1.82, 2.24) is 23.3 Å². The Morgan fingerprint density at radius 2 is 0.605 bits per heavy atom. The molecule has 0 amide bonds. The molecule has 0 N–H and O–H groups in total. The molecule has 394 valence electrons. The average Bonchev–Trinajstić information content (AvgIpc) is 2.07. The Morgan fingerprint density at radius 1 is 0.267 bits per heavy atom. The van der Waals surface area contributed by atoms with Gasteiger partial charge < -0.3 is 18.3 Å². The summed E-state index contributed by atoms with van der Waals surface area (Å²) in [5, 5.41) is 60.9. The number of hydrogen-bond donors (Lipinski definition) is 0. The smallest absolute Gasteiger partial charge is 0.102 e. The lowest BCUT2D eigenvalue weighted by Crippen LogP contribution is -2.11. The number of rotatable bonds is 7. The van der Waals surface area contributed by atoms with Crippen LogP contribution in [-0.2, 0) is 0 Å². The SMILES string of the molecule is N#Cc1ccc2c(c1)c1ccccc1n2-c1ccc(-c2c(C#N)c(-n3c4ccccc4c4cc(C#N)ccc43)c(-c3ccccn3)c(-c3ccc(-n4c5ccccc5c5cc(C#N)ccc54)cc3)c2-n2c3ccccc3c3cc(C#N)ccc32)cc1. The third-order valence-electron chi connectivity index (χ3n) is 17.0. The zero-order valence-electron chi connectivity index (χ0n) is 45.6. The average molecular weight is 1090 g/mol. The summed E-state index contributed by atoms with van der Waals surface area (Å²) in [5.74, 6) is 0. The minimum absolute atomic E-state index is 0.378. The molecule has 5 heterocycles. The van der Waals surface area contributed by atoms with Crippen molar-refractivity contribution in [3.8, 4) is 86.6 Å². The summed E-state index contributed by atoms with van der Waals surface area (Å²) >= 11 is 0. The highest BCUT2D eigenvalue weighted by Crippen LogP contribution is 2.52. The van der Waals surface area contributed by atoms with Crippen LogP contribution in [0.5, 0.6) is 0 Å². The van der Waals surface area contributed by atoms with Crippen molar-refractivity contribution in [3.05, 3.63) is 271 Å². The van der Waals surface area contributed by atoms with Gasteiger partial charge in [0.05, 0.1) is 113 Å². The fraction of sp³-hybridized carbons (Fsp3) is 0. The molecule has 16 rings (SSSR count). The Kier molecular flexibility index (Phi) is 10.9. The van der Waals surface area contributed by atoms with Crippen LogP contribution in [0.3, 0.4) is 0 Å². The van der Waals surface area contributed by atoms with Gasteiger partial charge in [-0.05, 0) is 145 Å². The van der Waals surface area contributed by atoms with E-state index in [1.165, 1.54) is 0 Å². The van der Waals surface area contributed by atoms with E-state index < -0.39 is 0 Å². The third kappa shape index (κ3) is 7.18. The molecule has 11 aromatic carbocycles. The van der Waals surface area contributed by atoms with Gasteiger partial charge in [-0.2, -0.15) is 26.3 Å². The minimum atomic E-state index is 0.378. The predicted molar refractivity (Wildman–Crippen MR) is 341 cm³/mol. The van der Waals surface area contributed by atoms with Crippen molar-refractivity contribution in [3.63, 3.8) is 0 Å². The van der Waals surface area contributed by atoms with Crippen LogP contribution in [-0.4, -0.2) is 23.3 Å². The maximum atomic E-state index is 12.5. The molecule has 0 aliphatic carbocycles. The number of benzene rings is 11. The molecule has 86 heavy (non-hydrogen) atoms. The Balaban J connectivity index is 1.09. The van der Waals surface area contributed by atoms with E-state index in [1.54, 1.807) is 6.20 Å². The van der Waals surface area contributed by atoms with Crippen LogP contribution >= 0.6 is 0 Å². The fourth-order valence-electron chi connectivity index (χ4n) is 13.4. The summed E-state index contributed by atoms with van der Waals surface area (Å²) in [5.41, 5.74) is 17.2. The number of nitrogens with zero attached hydrogens (tertiary/aromatic N) is 10.